The van der Waals surface area contributed by atoms with Crippen LogP contribution in [0.15, 0.2) is 29.3 Å². The van der Waals surface area contributed by atoms with E-state index in [9.17, 15) is 14.0 Å². The highest BCUT2D eigenvalue weighted by Crippen LogP contribution is 2.27. The number of benzene rings is 1. The average Bonchev–Trinajstić information content (AvgIpc) is 2.41. The molecule has 2 rings (SSSR count). The zero-order valence-corrected chi connectivity index (χ0v) is 12.0. The maximum absolute atomic E-state index is 13.6. The van der Waals surface area contributed by atoms with Crippen LogP contribution in [0.1, 0.15) is 25.7 Å². The molecule has 0 saturated carbocycles. The van der Waals surface area contributed by atoms with Crippen LogP contribution in [0.4, 0.5) is 10.1 Å². The van der Waals surface area contributed by atoms with Crippen LogP contribution in [-0.2, 0) is 9.59 Å². The minimum absolute atomic E-state index is 0. The molecule has 0 aromatic heterocycles. The Morgan fingerprint density at radius 3 is 2.38 bits per heavy atom. The van der Waals surface area contributed by atoms with Crippen LogP contribution in [0.25, 0.3) is 0 Å². The lowest BCUT2D eigenvalue weighted by molar-refractivity contribution is -0.133. The SMILES string of the molecule is N.O=C(O)C1=C(C(=O)Nc2ccc(Cl)cc2F)CCCC1. The summed E-state index contributed by atoms with van der Waals surface area (Å²) >= 11 is 5.63. The molecule has 1 aliphatic carbocycles. The molecular formula is C14H16ClFN2O3. The van der Waals surface area contributed by atoms with Crippen molar-refractivity contribution < 1.29 is 19.1 Å². The lowest BCUT2D eigenvalue weighted by Crippen LogP contribution is -2.21. The quantitative estimate of drug-likeness (QED) is 0.794. The van der Waals surface area contributed by atoms with Gasteiger partial charge >= 0.3 is 5.97 Å². The number of carbonyl (C=O) groups is 2. The fourth-order valence-electron chi connectivity index (χ4n) is 2.18. The van der Waals surface area contributed by atoms with Crippen molar-refractivity contribution in [2.75, 3.05) is 5.32 Å². The van der Waals surface area contributed by atoms with Gasteiger partial charge in [-0.05, 0) is 43.9 Å². The average molecular weight is 315 g/mol. The summed E-state index contributed by atoms with van der Waals surface area (Å²) in [5.41, 5.74) is 0.323. The van der Waals surface area contributed by atoms with Crippen LogP contribution in [-0.4, -0.2) is 17.0 Å². The second-order valence-electron chi connectivity index (χ2n) is 4.55. The molecule has 0 radical (unpaired) electrons. The molecule has 0 heterocycles. The molecule has 0 aliphatic heterocycles. The van der Waals surface area contributed by atoms with Crippen LogP contribution in [0, 0.1) is 5.82 Å². The number of carboxylic acids is 1. The predicted molar refractivity (Wildman–Crippen MR) is 78.2 cm³/mol. The van der Waals surface area contributed by atoms with Gasteiger partial charge in [0, 0.05) is 16.2 Å². The first-order chi connectivity index (χ1) is 9.49. The minimum Gasteiger partial charge on any atom is -0.478 e. The molecule has 0 bridgehead atoms. The molecule has 0 spiro atoms. The first kappa shape index (κ1) is 17.1. The maximum Gasteiger partial charge on any atom is 0.332 e. The van der Waals surface area contributed by atoms with Gasteiger partial charge in [0.05, 0.1) is 5.69 Å². The summed E-state index contributed by atoms with van der Waals surface area (Å²) < 4.78 is 13.6. The lowest BCUT2D eigenvalue weighted by Gasteiger charge is -2.17. The van der Waals surface area contributed by atoms with Crippen molar-refractivity contribution in [1.29, 1.82) is 0 Å². The van der Waals surface area contributed by atoms with E-state index < -0.39 is 17.7 Å². The number of carbonyl (C=O) groups excluding carboxylic acids is 1. The molecule has 0 atom stereocenters. The highest BCUT2D eigenvalue weighted by Gasteiger charge is 2.24. The van der Waals surface area contributed by atoms with Crippen molar-refractivity contribution in [2.45, 2.75) is 25.7 Å². The number of carboxylic acid groups (broad SMARTS) is 1. The van der Waals surface area contributed by atoms with Crippen LogP contribution in [0.3, 0.4) is 0 Å². The maximum atomic E-state index is 13.6. The second kappa shape index (κ2) is 7.19. The fourth-order valence-corrected chi connectivity index (χ4v) is 2.34. The van der Waals surface area contributed by atoms with Gasteiger partial charge in [-0.25, -0.2) is 9.18 Å². The van der Waals surface area contributed by atoms with E-state index in [0.717, 1.165) is 18.9 Å². The summed E-state index contributed by atoms with van der Waals surface area (Å²) in [6.07, 6.45) is 2.25. The van der Waals surface area contributed by atoms with E-state index in [2.05, 4.69) is 5.32 Å². The van der Waals surface area contributed by atoms with E-state index in [1.165, 1.54) is 12.1 Å². The van der Waals surface area contributed by atoms with Gasteiger partial charge in [-0.2, -0.15) is 0 Å². The van der Waals surface area contributed by atoms with Gasteiger partial charge in [0.25, 0.3) is 5.91 Å². The van der Waals surface area contributed by atoms with Crippen LogP contribution < -0.4 is 11.5 Å². The van der Waals surface area contributed by atoms with Gasteiger partial charge in [-0.15, -0.1) is 0 Å². The predicted octanol–water partition coefficient (Wildman–Crippen LogP) is 3.53. The summed E-state index contributed by atoms with van der Waals surface area (Å²) in [6.45, 7) is 0. The molecule has 1 aromatic carbocycles. The molecule has 5 nitrogen and oxygen atoms in total. The summed E-state index contributed by atoms with van der Waals surface area (Å²) in [6, 6.07) is 3.89. The first-order valence-corrected chi connectivity index (χ1v) is 6.58. The van der Waals surface area contributed by atoms with Crippen molar-refractivity contribution in [3.8, 4) is 0 Å². The van der Waals surface area contributed by atoms with Gasteiger partial charge in [0.15, 0.2) is 0 Å². The highest BCUT2D eigenvalue weighted by atomic mass is 35.5. The standard InChI is InChI=1S/C14H13ClFNO3.H3N/c15-8-5-6-12(11(16)7-8)17-13(18)9-3-1-2-4-10(9)14(19)20;/h5-7H,1-4H2,(H,17,18)(H,19,20);1H3. The van der Waals surface area contributed by atoms with Crippen molar-refractivity contribution >= 4 is 29.2 Å². The van der Waals surface area contributed by atoms with E-state index in [-0.39, 0.29) is 28.0 Å². The molecule has 114 valence electrons. The van der Waals surface area contributed by atoms with Gasteiger partial charge in [-0.3, -0.25) is 4.79 Å². The monoisotopic (exact) mass is 314 g/mol. The number of halogens is 2. The zero-order valence-electron chi connectivity index (χ0n) is 11.3. The number of rotatable bonds is 3. The third-order valence-electron chi connectivity index (χ3n) is 3.18. The Morgan fingerprint density at radius 2 is 1.81 bits per heavy atom. The Morgan fingerprint density at radius 1 is 1.19 bits per heavy atom. The number of hydrogen-bond donors (Lipinski definition) is 3. The largest absolute Gasteiger partial charge is 0.478 e. The number of amides is 1. The molecular weight excluding hydrogens is 299 g/mol. The molecule has 21 heavy (non-hydrogen) atoms. The summed E-state index contributed by atoms with van der Waals surface area (Å²) in [4.78, 5) is 23.2. The molecule has 1 aromatic rings. The zero-order chi connectivity index (χ0) is 14.7. The molecule has 1 aliphatic rings. The van der Waals surface area contributed by atoms with E-state index in [0.29, 0.717) is 12.8 Å². The Bertz CT molecular complexity index is 602. The number of aliphatic carboxylic acids is 1. The fraction of sp³-hybridized carbons (Fsp3) is 0.286. The van der Waals surface area contributed by atoms with Crippen molar-refractivity contribution in [1.82, 2.24) is 6.15 Å². The Balaban J connectivity index is 0.00000220. The number of anilines is 1. The topological polar surface area (TPSA) is 101 Å². The number of nitrogens with one attached hydrogen (secondary N) is 1. The second-order valence-corrected chi connectivity index (χ2v) is 4.98. The van der Waals surface area contributed by atoms with Crippen molar-refractivity contribution in [3.05, 3.63) is 40.2 Å². The van der Waals surface area contributed by atoms with Crippen molar-refractivity contribution in [3.63, 3.8) is 0 Å². The van der Waals surface area contributed by atoms with Gasteiger partial charge in [-0.1, -0.05) is 11.6 Å². The molecule has 0 unspecified atom stereocenters. The third-order valence-corrected chi connectivity index (χ3v) is 3.41. The van der Waals surface area contributed by atoms with E-state index in [1.54, 1.807) is 0 Å². The molecule has 1 amide bonds. The van der Waals surface area contributed by atoms with Gasteiger partial charge < -0.3 is 16.6 Å². The summed E-state index contributed by atoms with van der Waals surface area (Å²) in [5, 5.41) is 11.7. The van der Waals surface area contributed by atoms with E-state index in [1.807, 2.05) is 0 Å². The van der Waals surface area contributed by atoms with Gasteiger partial charge in [0.1, 0.15) is 5.82 Å². The molecule has 5 N–H and O–H groups in total. The number of hydrogen-bond acceptors (Lipinski definition) is 3. The summed E-state index contributed by atoms with van der Waals surface area (Å²) in [7, 11) is 0. The van der Waals surface area contributed by atoms with Crippen LogP contribution in [0.5, 0.6) is 0 Å². The Labute approximate surface area is 126 Å². The lowest BCUT2D eigenvalue weighted by atomic mass is 9.91. The molecule has 0 saturated heterocycles. The highest BCUT2D eigenvalue weighted by molar-refractivity contribution is 6.30. The molecule has 7 heteroatoms. The van der Waals surface area contributed by atoms with E-state index in [4.69, 9.17) is 16.7 Å². The smallest absolute Gasteiger partial charge is 0.332 e. The van der Waals surface area contributed by atoms with E-state index >= 15 is 0 Å². The Hall–Kier alpha value is -1.92. The Kier molecular flexibility index (Phi) is 5.87. The third kappa shape index (κ3) is 4.03. The van der Waals surface area contributed by atoms with Crippen LogP contribution in [0.2, 0.25) is 5.02 Å². The normalized spacial score (nSPS) is 14.4. The minimum atomic E-state index is -1.09. The van der Waals surface area contributed by atoms with Crippen molar-refractivity contribution in [2.24, 2.45) is 0 Å². The first-order valence-electron chi connectivity index (χ1n) is 6.20. The van der Waals surface area contributed by atoms with Gasteiger partial charge in [0.2, 0.25) is 0 Å². The summed E-state index contributed by atoms with van der Waals surface area (Å²) in [5.74, 6) is -2.31. The molecule has 0 fully saturated rings. The van der Waals surface area contributed by atoms with Crippen LogP contribution >= 0.6 is 11.6 Å².